The Morgan fingerprint density at radius 2 is 1.44 bits per heavy atom. The first-order valence-corrected chi connectivity index (χ1v) is 10.4. The summed E-state index contributed by atoms with van der Waals surface area (Å²) in [5.41, 5.74) is 1.52. The van der Waals surface area contributed by atoms with Gasteiger partial charge in [0.1, 0.15) is 0 Å². The first-order valence-electron chi connectivity index (χ1n) is 10.4. The lowest BCUT2D eigenvalue weighted by atomic mass is 10.1. The van der Waals surface area contributed by atoms with Gasteiger partial charge in [0, 0.05) is 5.56 Å². The molecule has 4 rings (SSSR count). The maximum Gasteiger partial charge on any atom is 0.338 e. The number of Topliss-reactive ketones (excluding diaryl/α,β-unsaturated/α-hetero) is 1. The smallest absolute Gasteiger partial charge is 0.338 e. The van der Waals surface area contributed by atoms with Crippen molar-refractivity contribution in [3.63, 3.8) is 0 Å². The minimum Gasteiger partial charge on any atom is -0.493 e. The van der Waals surface area contributed by atoms with Crippen LogP contribution in [-0.4, -0.2) is 49.3 Å². The second kappa shape index (κ2) is 9.58. The van der Waals surface area contributed by atoms with Crippen LogP contribution in [-0.2, 0) is 11.3 Å². The van der Waals surface area contributed by atoms with E-state index in [0.29, 0.717) is 11.5 Å². The number of hydrogen-bond acceptors (Lipinski definition) is 7. The average molecular weight is 459 g/mol. The fourth-order valence-corrected chi connectivity index (χ4v) is 3.63. The standard InChI is InChI=1S/C26H21NO7/c1-32-22-11-9-17(13-23(22)33-2)21(28)15-34-26(31)18-8-10-19-20(12-18)25(30)27(24(19)29)14-16-6-4-3-5-7-16/h3-13H,14-15H2,1-2H3. The lowest BCUT2D eigenvalue weighted by molar-refractivity contribution is 0.0474. The number of esters is 1. The third-order valence-corrected chi connectivity index (χ3v) is 5.43. The number of fused-ring (bicyclic) bond motifs is 1. The van der Waals surface area contributed by atoms with Gasteiger partial charge in [-0.25, -0.2) is 4.79 Å². The fraction of sp³-hybridized carbons (Fsp3) is 0.154. The van der Waals surface area contributed by atoms with Crippen molar-refractivity contribution in [1.82, 2.24) is 4.90 Å². The van der Waals surface area contributed by atoms with Gasteiger partial charge in [0.05, 0.1) is 37.5 Å². The van der Waals surface area contributed by atoms with Crippen molar-refractivity contribution in [1.29, 1.82) is 0 Å². The molecule has 34 heavy (non-hydrogen) atoms. The van der Waals surface area contributed by atoms with E-state index in [0.717, 1.165) is 10.5 Å². The highest BCUT2D eigenvalue weighted by atomic mass is 16.5. The van der Waals surface area contributed by atoms with E-state index in [4.69, 9.17) is 14.2 Å². The highest BCUT2D eigenvalue weighted by Gasteiger charge is 2.36. The number of carbonyl (C=O) groups excluding carboxylic acids is 4. The normalized spacial score (nSPS) is 12.4. The maximum absolute atomic E-state index is 12.8. The molecule has 2 amide bonds. The van der Waals surface area contributed by atoms with Crippen LogP contribution in [0.15, 0.2) is 66.7 Å². The number of imide groups is 1. The van der Waals surface area contributed by atoms with E-state index in [1.807, 2.05) is 30.3 Å². The van der Waals surface area contributed by atoms with Crippen LogP contribution < -0.4 is 9.47 Å². The van der Waals surface area contributed by atoms with Crippen LogP contribution in [0.25, 0.3) is 0 Å². The van der Waals surface area contributed by atoms with Gasteiger partial charge in [-0.05, 0) is 42.0 Å². The Labute approximate surface area is 195 Å². The monoisotopic (exact) mass is 459 g/mol. The lowest BCUT2D eigenvalue weighted by Gasteiger charge is -2.13. The van der Waals surface area contributed by atoms with E-state index < -0.39 is 30.2 Å². The number of ether oxygens (including phenoxy) is 3. The molecule has 0 aliphatic carbocycles. The van der Waals surface area contributed by atoms with Crippen molar-refractivity contribution in [3.05, 3.63) is 94.5 Å². The van der Waals surface area contributed by atoms with Crippen LogP contribution in [0, 0.1) is 0 Å². The Bertz CT molecular complexity index is 1280. The van der Waals surface area contributed by atoms with Gasteiger partial charge in [-0.2, -0.15) is 0 Å². The van der Waals surface area contributed by atoms with Gasteiger partial charge in [0.25, 0.3) is 11.8 Å². The molecule has 0 saturated heterocycles. The second-order valence-electron chi connectivity index (χ2n) is 7.51. The predicted molar refractivity (Wildman–Crippen MR) is 121 cm³/mol. The van der Waals surface area contributed by atoms with E-state index in [-0.39, 0.29) is 28.8 Å². The minimum absolute atomic E-state index is 0.0709. The quantitative estimate of drug-likeness (QED) is 0.289. The van der Waals surface area contributed by atoms with Gasteiger partial charge in [0.15, 0.2) is 23.9 Å². The summed E-state index contributed by atoms with van der Waals surface area (Å²) in [4.78, 5) is 51.7. The molecular weight excluding hydrogens is 438 g/mol. The molecule has 0 fully saturated rings. The van der Waals surface area contributed by atoms with Crippen molar-refractivity contribution in [3.8, 4) is 11.5 Å². The predicted octanol–water partition coefficient (Wildman–Crippen LogP) is 3.54. The summed E-state index contributed by atoms with van der Waals surface area (Å²) in [7, 11) is 2.93. The summed E-state index contributed by atoms with van der Waals surface area (Å²) in [6.45, 7) is -0.370. The zero-order valence-corrected chi connectivity index (χ0v) is 18.6. The van der Waals surface area contributed by atoms with Gasteiger partial charge in [-0.3, -0.25) is 19.3 Å². The molecule has 0 bridgehead atoms. The van der Waals surface area contributed by atoms with Crippen molar-refractivity contribution >= 4 is 23.6 Å². The molecule has 0 spiro atoms. The van der Waals surface area contributed by atoms with E-state index >= 15 is 0 Å². The summed E-state index contributed by atoms with van der Waals surface area (Å²) in [5, 5.41) is 0. The summed E-state index contributed by atoms with van der Waals surface area (Å²) >= 11 is 0. The molecule has 3 aromatic carbocycles. The number of methoxy groups -OCH3 is 2. The first kappa shape index (κ1) is 22.7. The second-order valence-corrected chi connectivity index (χ2v) is 7.51. The third-order valence-electron chi connectivity index (χ3n) is 5.43. The molecule has 3 aromatic rings. The number of nitrogens with zero attached hydrogens (tertiary/aromatic N) is 1. The van der Waals surface area contributed by atoms with Gasteiger partial charge < -0.3 is 14.2 Å². The zero-order valence-electron chi connectivity index (χ0n) is 18.6. The molecule has 1 aliphatic rings. The minimum atomic E-state index is -0.779. The van der Waals surface area contributed by atoms with Crippen LogP contribution in [0.5, 0.6) is 11.5 Å². The molecule has 0 atom stereocenters. The van der Waals surface area contributed by atoms with Crippen molar-refractivity contribution in [2.45, 2.75) is 6.54 Å². The van der Waals surface area contributed by atoms with Crippen LogP contribution in [0.1, 0.15) is 47.0 Å². The molecule has 0 unspecified atom stereocenters. The Morgan fingerprint density at radius 3 is 2.15 bits per heavy atom. The average Bonchev–Trinajstić information content (AvgIpc) is 3.11. The number of amides is 2. The SMILES string of the molecule is COc1ccc(C(=O)COC(=O)c2ccc3c(c2)C(=O)N(Cc2ccccc2)C3=O)cc1OC. The summed E-state index contributed by atoms with van der Waals surface area (Å²) in [6, 6.07) is 17.9. The first-order chi connectivity index (χ1) is 16.4. The number of hydrogen-bond donors (Lipinski definition) is 0. The van der Waals surface area contributed by atoms with E-state index in [9.17, 15) is 19.2 Å². The van der Waals surface area contributed by atoms with E-state index in [1.54, 1.807) is 12.1 Å². The molecule has 0 saturated carbocycles. The molecule has 0 radical (unpaired) electrons. The summed E-state index contributed by atoms with van der Waals surface area (Å²) in [6.07, 6.45) is 0. The molecule has 1 aliphatic heterocycles. The maximum atomic E-state index is 12.8. The highest BCUT2D eigenvalue weighted by Crippen LogP contribution is 2.28. The van der Waals surface area contributed by atoms with Gasteiger partial charge >= 0.3 is 5.97 Å². The highest BCUT2D eigenvalue weighted by molar-refractivity contribution is 6.21. The Balaban J connectivity index is 1.44. The van der Waals surface area contributed by atoms with Crippen LogP contribution in [0.2, 0.25) is 0 Å². The number of rotatable bonds is 8. The lowest BCUT2D eigenvalue weighted by Crippen LogP contribution is -2.29. The van der Waals surface area contributed by atoms with E-state index in [1.165, 1.54) is 38.5 Å². The largest absolute Gasteiger partial charge is 0.493 e. The van der Waals surface area contributed by atoms with Gasteiger partial charge in [-0.1, -0.05) is 30.3 Å². The number of ketones is 1. The zero-order chi connectivity index (χ0) is 24.2. The topological polar surface area (TPSA) is 99.2 Å². The van der Waals surface area contributed by atoms with E-state index in [2.05, 4.69) is 0 Å². The Hall–Kier alpha value is -4.46. The van der Waals surface area contributed by atoms with Crippen molar-refractivity contribution < 1.29 is 33.4 Å². The van der Waals surface area contributed by atoms with Crippen LogP contribution >= 0.6 is 0 Å². The Morgan fingerprint density at radius 1 is 0.765 bits per heavy atom. The molecular formula is C26H21NO7. The van der Waals surface area contributed by atoms with Gasteiger partial charge in [0.2, 0.25) is 0 Å². The van der Waals surface area contributed by atoms with Crippen molar-refractivity contribution in [2.75, 3.05) is 20.8 Å². The van der Waals surface area contributed by atoms with Crippen LogP contribution in [0.3, 0.4) is 0 Å². The number of benzene rings is 3. The molecule has 1 heterocycles. The third kappa shape index (κ3) is 4.38. The van der Waals surface area contributed by atoms with Crippen LogP contribution in [0.4, 0.5) is 0 Å². The fourth-order valence-electron chi connectivity index (χ4n) is 3.63. The Kier molecular flexibility index (Phi) is 6.40. The summed E-state index contributed by atoms with van der Waals surface area (Å²) in [5.74, 6) is -1.28. The van der Waals surface area contributed by atoms with Crippen molar-refractivity contribution in [2.24, 2.45) is 0 Å². The number of carbonyl (C=O) groups is 4. The molecule has 0 N–H and O–H groups in total. The van der Waals surface area contributed by atoms with Gasteiger partial charge in [-0.15, -0.1) is 0 Å². The molecule has 172 valence electrons. The molecule has 0 aromatic heterocycles. The summed E-state index contributed by atoms with van der Waals surface area (Å²) < 4.78 is 15.5. The molecule has 8 heteroatoms. The molecule has 8 nitrogen and oxygen atoms in total.